The third-order valence-electron chi connectivity index (χ3n) is 3.26. The van der Waals surface area contributed by atoms with E-state index in [2.05, 4.69) is 26.6 Å². The number of aryl methyl sites for hydroxylation is 1. The molecule has 120 valence electrons. The van der Waals surface area contributed by atoms with Crippen molar-refractivity contribution in [2.75, 3.05) is 11.9 Å². The maximum absolute atomic E-state index is 13.7. The van der Waals surface area contributed by atoms with Gasteiger partial charge in [-0.15, -0.1) is 0 Å². The van der Waals surface area contributed by atoms with Crippen LogP contribution >= 0.6 is 15.9 Å². The lowest BCUT2D eigenvalue weighted by Crippen LogP contribution is -2.33. The highest BCUT2D eigenvalue weighted by molar-refractivity contribution is 9.10. The summed E-state index contributed by atoms with van der Waals surface area (Å²) in [5, 5.41) is 5.15. The quantitative estimate of drug-likeness (QED) is 0.835. The molecule has 0 aliphatic carbocycles. The summed E-state index contributed by atoms with van der Waals surface area (Å²) in [6, 6.07) is 11.6. The lowest BCUT2D eigenvalue weighted by molar-refractivity contribution is -0.115. The summed E-state index contributed by atoms with van der Waals surface area (Å²) in [5.41, 5.74) is 1.62. The molecule has 4 nitrogen and oxygen atoms in total. The van der Waals surface area contributed by atoms with Crippen molar-refractivity contribution in [2.45, 2.75) is 13.3 Å². The maximum Gasteiger partial charge on any atom is 0.254 e. The van der Waals surface area contributed by atoms with Crippen molar-refractivity contribution in [2.24, 2.45) is 0 Å². The molecule has 0 saturated carbocycles. The van der Waals surface area contributed by atoms with Crippen LogP contribution in [0.3, 0.4) is 0 Å². The highest BCUT2D eigenvalue weighted by Crippen LogP contribution is 2.16. The first-order valence-electron chi connectivity index (χ1n) is 7.12. The number of carbonyl (C=O) groups is 2. The molecule has 2 N–H and O–H groups in total. The number of amides is 2. The number of rotatable bonds is 5. The summed E-state index contributed by atoms with van der Waals surface area (Å²) >= 11 is 3.12. The van der Waals surface area contributed by atoms with Crippen molar-refractivity contribution in [3.63, 3.8) is 0 Å². The van der Waals surface area contributed by atoms with Gasteiger partial charge in [0.2, 0.25) is 5.91 Å². The largest absolute Gasteiger partial charge is 0.343 e. The van der Waals surface area contributed by atoms with Gasteiger partial charge >= 0.3 is 0 Å². The van der Waals surface area contributed by atoms with Gasteiger partial charge in [-0.05, 0) is 36.2 Å². The smallest absolute Gasteiger partial charge is 0.254 e. The second-order valence-corrected chi connectivity index (χ2v) is 5.78. The molecule has 0 radical (unpaired) electrons. The molecule has 0 unspecified atom stereocenters. The van der Waals surface area contributed by atoms with E-state index in [-0.39, 0.29) is 18.0 Å². The zero-order valence-electron chi connectivity index (χ0n) is 12.5. The van der Waals surface area contributed by atoms with Crippen molar-refractivity contribution in [3.8, 4) is 0 Å². The number of para-hydroxylation sites is 1. The number of carbonyl (C=O) groups excluding carboxylic acids is 2. The van der Waals surface area contributed by atoms with Gasteiger partial charge in [-0.2, -0.15) is 0 Å². The van der Waals surface area contributed by atoms with Crippen molar-refractivity contribution in [3.05, 3.63) is 63.9 Å². The first kappa shape index (κ1) is 17.1. The summed E-state index contributed by atoms with van der Waals surface area (Å²) in [6.45, 7) is 1.76. The lowest BCUT2D eigenvalue weighted by atomic mass is 10.1. The Bertz CT molecular complexity index is 734. The molecular formula is C17H16BrFN2O2. The molecule has 2 amide bonds. The fraction of sp³-hybridized carbons (Fsp3) is 0.176. The monoisotopic (exact) mass is 378 g/mol. The molecule has 0 bridgehead atoms. The van der Waals surface area contributed by atoms with Gasteiger partial charge in [0.05, 0.1) is 12.1 Å². The van der Waals surface area contributed by atoms with Crippen LogP contribution in [0.15, 0.2) is 46.9 Å². The first-order chi connectivity index (χ1) is 11.0. The molecule has 0 aliphatic heterocycles. The summed E-state index contributed by atoms with van der Waals surface area (Å²) in [4.78, 5) is 23.8. The van der Waals surface area contributed by atoms with Crippen LogP contribution in [0.25, 0.3) is 0 Å². The van der Waals surface area contributed by atoms with Crippen molar-refractivity contribution < 1.29 is 14.0 Å². The third kappa shape index (κ3) is 4.63. The van der Waals surface area contributed by atoms with E-state index in [0.29, 0.717) is 10.2 Å². The SMILES string of the molecule is CCc1ccccc1NC(=O)CNC(=O)c1ccc(Br)cc1F. The predicted octanol–water partition coefficient (Wildman–Crippen LogP) is 3.52. The summed E-state index contributed by atoms with van der Waals surface area (Å²) in [7, 11) is 0. The molecule has 0 fully saturated rings. The van der Waals surface area contributed by atoms with E-state index in [4.69, 9.17) is 0 Å². The fourth-order valence-corrected chi connectivity index (χ4v) is 2.41. The van der Waals surface area contributed by atoms with Gasteiger partial charge in [0, 0.05) is 10.2 Å². The van der Waals surface area contributed by atoms with E-state index >= 15 is 0 Å². The molecule has 0 aromatic heterocycles. The van der Waals surface area contributed by atoms with Gasteiger partial charge in [0.15, 0.2) is 0 Å². The minimum absolute atomic E-state index is 0.102. The zero-order valence-corrected chi connectivity index (χ0v) is 14.1. The van der Waals surface area contributed by atoms with Crippen LogP contribution in [0.4, 0.5) is 10.1 Å². The normalized spacial score (nSPS) is 10.2. The molecule has 2 aromatic rings. The van der Waals surface area contributed by atoms with Gasteiger partial charge in [-0.1, -0.05) is 41.1 Å². The van der Waals surface area contributed by atoms with Crippen molar-refractivity contribution >= 4 is 33.4 Å². The summed E-state index contributed by atoms with van der Waals surface area (Å²) in [5.74, 6) is -1.64. The van der Waals surface area contributed by atoms with E-state index < -0.39 is 11.7 Å². The van der Waals surface area contributed by atoms with Gasteiger partial charge in [0.25, 0.3) is 5.91 Å². The maximum atomic E-state index is 13.7. The molecule has 0 aliphatic rings. The Morgan fingerprint density at radius 3 is 2.61 bits per heavy atom. The second-order valence-electron chi connectivity index (χ2n) is 4.87. The topological polar surface area (TPSA) is 58.2 Å². The Labute approximate surface area is 142 Å². The average molecular weight is 379 g/mol. The van der Waals surface area contributed by atoms with Crippen molar-refractivity contribution in [1.82, 2.24) is 5.32 Å². The minimum atomic E-state index is -0.645. The van der Waals surface area contributed by atoms with E-state index in [9.17, 15) is 14.0 Å². The molecule has 23 heavy (non-hydrogen) atoms. The lowest BCUT2D eigenvalue weighted by Gasteiger charge is -2.10. The van der Waals surface area contributed by atoms with Crippen LogP contribution in [0, 0.1) is 5.82 Å². The molecule has 0 heterocycles. The van der Waals surface area contributed by atoms with Crippen LogP contribution in [-0.4, -0.2) is 18.4 Å². The van der Waals surface area contributed by atoms with Gasteiger partial charge in [-0.25, -0.2) is 4.39 Å². The minimum Gasteiger partial charge on any atom is -0.343 e. The van der Waals surface area contributed by atoms with Crippen LogP contribution in [-0.2, 0) is 11.2 Å². The number of hydrogen-bond acceptors (Lipinski definition) is 2. The predicted molar refractivity (Wildman–Crippen MR) is 90.9 cm³/mol. The number of benzene rings is 2. The standard InChI is InChI=1S/C17H16BrFN2O2/c1-2-11-5-3-4-6-15(11)21-16(22)10-20-17(23)13-8-7-12(18)9-14(13)19/h3-9H,2,10H2,1H3,(H,20,23)(H,21,22). The Kier molecular flexibility index (Phi) is 5.87. The number of halogens is 2. The Hall–Kier alpha value is -2.21. The van der Waals surface area contributed by atoms with Crippen molar-refractivity contribution in [1.29, 1.82) is 0 Å². The Morgan fingerprint density at radius 2 is 1.91 bits per heavy atom. The third-order valence-corrected chi connectivity index (χ3v) is 3.75. The summed E-state index contributed by atoms with van der Waals surface area (Å²) in [6.07, 6.45) is 0.785. The molecule has 6 heteroatoms. The van der Waals surface area contributed by atoms with Gasteiger partial charge in [-0.3, -0.25) is 9.59 Å². The first-order valence-corrected chi connectivity index (χ1v) is 7.91. The number of nitrogens with one attached hydrogen (secondary N) is 2. The highest BCUT2D eigenvalue weighted by atomic mass is 79.9. The molecule has 2 rings (SSSR count). The Morgan fingerprint density at radius 1 is 1.17 bits per heavy atom. The second kappa shape index (κ2) is 7.87. The van der Waals surface area contributed by atoms with Gasteiger partial charge < -0.3 is 10.6 Å². The Balaban J connectivity index is 1.95. The fourth-order valence-electron chi connectivity index (χ4n) is 2.07. The zero-order chi connectivity index (χ0) is 16.8. The van der Waals surface area contributed by atoms with Crippen LogP contribution in [0.1, 0.15) is 22.8 Å². The highest BCUT2D eigenvalue weighted by Gasteiger charge is 2.13. The van der Waals surface area contributed by atoms with Gasteiger partial charge in [0.1, 0.15) is 5.82 Å². The van der Waals surface area contributed by atoms with E-state index in [0.717, 1.165) is 12.0 Å². The van der Waals surface area contributed by atoms with E-state index in [1.165, 1.54) is 12.1 Å². The van der Waals surface area contributed by atoms with Crippen LogP contribution in [0.2, 0.25) is 0 Å². The molecule has 0 saturated heterocycles. The molecular weight excluding hydrogens is 363 g/mol. The van der Waals surface area contributed by atoms with E-state index in [1.54, 1.807) is 12.1 Å². The summed E-state index contributed by atoms with van der Waals surface area (Å²) < 4.78 is 14.2. The number of anilines is 1. The van der Waals surface area contributed by atoms with Crippen LogP contribution < -0.4 is 10.6 Å². The average Bonchev–Trinajstić information content (AvgIpc) is 2.53. The molecule has 2 aromatic carbocycles. The van der Waals surface area contributed by atoms with Crippen LogP contribution in [0.5, 0.6) is 0 Å². The molecule has 0 spiro atoms. The van der Waals surface area contributed by atoms with E-state index in [1.807, 2.05) is 25.1 Å². The number of hydrogen-bond donors (Lipinski definition) is 2. The molecule has 0 atom stereocenters.